The number of carbonyl (C=O) groups is 3. The normalized spacial score (nSPS) is 15.0. The molecule has 0 spiro atoms. The molecule has 0 saturated carbocycles. The molecule has 0 radical (unpaired) electrons. The van der Waals surface area contributed by atoms with E-state index in [-0.39, 0.29) is 18.1 Å². The van der Waals surface area contributed by atoms with Gasteiger partial charge in [-0.3, -0.25) is 14.4 Å². The summed E-state index contributed by atoms with van der Waals surface area (Å²) in [4.78, 5) is 40.0. The Labute approximate surface area is 158 Å². The molecule has 1 aliphatic heterocycles. The van der Waals surface area contributed by atoms with Gasteiger partial charge in [-0.05, 0) is 12.1 Å². The summed E-state index contributed by atoms with van der Waals surface area (Å²) < 4.78 is 5.26. The Bertz CT molecular complexity index is 786. The third kappa shape index (κ3) is 5.01. The molecular formula is C21H22N2O4. The summed E-state index contributed by atoms with van der Waals surface area (Å²) in [6, 6.07) is 17.5. The predicted molar refractivity (Wildman–Crippen MR) is 101 cm³/mol. The Balaban J connectivity index is 1.78. The number of nitrogens with one attached hydrogen (secondary N) is 1. The molecule has 3 rings (SSSR count). The van der Waals surface area contributed by atoms with Gasteiger partial charge in [-0.2, -0.15) is 0 Å². The second kappa shape index (κ2) is 9.09. The van der Waals surface area contributed by atoms with Crippen LogP contribution in [0, 0.1) is 5.92 Å². The first-order valence-corrected chi connectivity index (χ1v) is 8.96. The van der Waals surface area contributed by atoms with Gasteiger partial charge in [0.1, 0.15) is 5.92 Å². The van der Waals surface area contributed by atoms with Crippen molar-refractivity contribution in [1.82, 2.24) is 4.90 Å². The number of morpholine rings is 1. The summed E-state index contributed by atoms with van der Waals surface area (Å²) in [5.74, 6) is -2.12. The highest BCUT2D eigenvalue weighted by Crippen LogP contribution is 2.18. The molecule has 1 aliphatic rings. The van der Waals surface area contributed by atoms with Gasteiger partial charge in [-0.15, -0.1) is 0 Å². The lowest BCUT2D eigenvalue weighted by Gasteiger charge is -2.28. The fraction of sp³-hybridized carbons (Fsp3) is 0.286. The van der Waals surface area contributed by atoms with Crippen LogP contribution in [0.15, 0.2) is 60.7 Å². The van der Waals surface area contributed by atoms with Gasteiger partial charge in [0.15, 0.2) is 5.78 Å². The van der Waals surface area contributed by atoms with Crippen molar-refractivity contribution >= 4 is 23.3 Å². The number of nitrogens with zero attached hydrogens (tertiary/aromatic N) is 1. The minimum absolute atomic E-state index is 0.160. The Hall–Kier alpha value is -2.99. The topological polar surface area (TPSA) is 75.7 Å². The number of benzene rings is 2. The summed E-state index contributed by atoms with van der Waals surface area (Å²) >= 11 is 0. The van der Waals surface area contributed by atoms with Gasteiger partial charge in [0.25, 0.3) is 0 Å². The standard InChI is InChI=1S/C21H22N2O4/c24-19(23-11-13-27-14-12-23)15-18(20(25)16-7-3-1-4-8-16)21(26)22-17-9-5-2-6-10-17/h1-10,18H,11-15H2,(H,22,26)/t18-/m0/s1. The number of ketones is 1. The van der Waals surface area contributed by atoms with Gasteiger partial charge in [0.2, 0.25) is 11.8 Å². The minimum atomic E-state index is -1.08. The Morgan fingerprint density at radius 1 is 0.926 bits per heavy atom. The van der Waals surface area contributed by atoms with Crippen LogP contribution < -0.4 is 5.32 Å². The first-order valence-electron chi connectivity index (χ1n) is 8.96. The summed E-state index contributed by atoms with van der Waals surface area (Å²) in [6.45, 7) is 1.90. The van der Waals surface area contributed by atoms with E-state index in [4.69, 9.17) is 4.74 Å². The van der Waals surface area contributed by atoms with E-state index >= 15 is 0 Å². The largest absolute Gasteiger partial charge is 0.378 e. The summed E-state index contributed by atoms with van der Waals surface area (Å²) in [7, 11) is 0. The van der Waals surface area contributed by atoms with Crippen molar-refractivity contribution in [2.45, 2.75) is 6.42 Å². The average Bonchev–Trinajstić information content (AvgIpc) is 2.73. The van der Waals surface area contributed by atoms with Crippen LogP contribution in [-0.4, -0.2) is 48.8 Å². The van der Waals surface area contributed by atoms with Crippen molar-refractivity contribution in [3.8, 4) is 0 Å². The lowest BCUT2D eigenvalue weighted by molar-refractivity contribution is -0.137. The van der Waals surface area contributed by atoms with E-state index in [1.807, 2.05) is 6.07 Å². The van der Waals surface area contributed by atoms with Gasteiger partial charge in [-0.1, -0.05) is 48.5 Å². The summed E-state index contributed by atoms with van der Waals surface area (Å²) in [5, 5.41) is 2.75. The highest BCUT2D eigenvalue weighted by Gasteiger charge is 2.32. The molecule has 6 heteroatoms. The zero-order valence-corrected chi connectivity index (χ0v) is 15.0. The monoisotopic (exact) mass is 366 g/mol. The molecule has 0 bridgehead atoms. The van der Waals surface area contributed by atoms with Crippen LogP contribution in [0.4, 0.5) is 5.69 Å². The number of rotatable bonds is 6. The molecule has 27 heavy (non-hydrogen) atoms. The quantitative estimate of drug-likeness (QED) is 0.629. The molecule has 1 N–H and O–H groups in total. The average molecular weight is 366 g/mol. The SMILES string of the molecule is O=C(Nc1ccccc1)[C@@H](CC(=O)N1CCOCC1)C(=O)c1ccccc1. The molecule has 0 unspecified atom stereocenters. The Morgan fingerprint density at radius 2 is 1.52 bits per heavy atom. The van der Waals surface area contributed by atoms with Crippen molar-refractivity contribution in [2.24, 2.45) is 5.92 Å². The molecule has 140 valence electrons. The Morgan fingerprint density at radius 3 is 2.15 bits per heavy atom. The zero-order chi connectivity index (χ0) is 19.1. The van der Waals surface area contributed by atoms with Crippen LogP contribution in [0.5, 0.6) is 0 Å². The first-order chi connectivity index (χ1) is 13.1. The van der Waals surface area contributed by atoms with Crippen molar-refractivity contribution in [2.75, 3.05) is 31.6 Å². The van der Waals surface area contributed by atoms with Gasteiger partial charge in [0, 0.05) is 30.8 Å². The number of hydrogen-bond donors (Lipinski definition) is 1. The predicted octanol–water partition coefficient (Wildman–Crippen LogP) is 2.37. The van der Waals surface area contributed by atoms with Crippen molar-refractivity contribution < 1.29 is 19.1 Å². The molecule has 1 fully saturated rings. The number of Topliss-reactive ketones (excluding diaryl/α,β-unsaturated/α-hetero) is 1. The van der Waals surface area contributed by atoms with E-state index in [0.29, 0.717) is 37.6 Å². The zero-order valence-electron chi connectivity index (χ0n) is 15.0. The van der Waals surface area contributed by atoms with Crippen LogP contribution in [0.2, 0.25) is 0 Å². The van der Waals surface area contributed by atoms with Crippen LogP contribution in [0.3, 0.4) is 0 Å². The third-order valence-electron chi connectivity index (χ3n) is 4.48. The molecule has 1 atom stereocenters. The number of anilines is 1. The van der Waals surface area contributed by atoms with E-state index in [2.05, 4.69) is 5.32 Å². The molecule has 0 aliphatic carbocycles. The van der Waals surface area contributed by atoms with Crippen molar-refractivity contribution in [1.29, 1.82) is 0 Å². The fourth-order valence-corrected chi connectivity index (χ4v) is 2.98. The fourth-order valence-electron chi connectivity index (χ4n) is 2.98. The molecule has 0 aromatic heterocycles. The molecule has 2 amide bonds. The van der Waals surface area contributed by atoms with E-state index in [1.165, 1.54) is 0 Å². The van der Waals surface area contributed by atoms with E-state index in [9.17, 15) is 14.4 Å². The van der Waals surface area contributed by atoms with Gasteiger partial charge >= 0.3 is 0 Å². The second-order valence-corrected chi connectivity index (χ2v) is 6.34. The van der Waals surface area contributed by atoms with Gasteiger partial charge < -0.3 is 15.0 Å². The van der Waals surface area contributed by atoms with Crippen LogP contribution in [0.25, 0.3) is 0 Å². The summed E-state index contributed by atoms with van der Waals surface area (Å²) in [5.41, 5.74) is 1.01. The van der Waals surface area contributed by atoms with E-state index < -0.39 is 11.8 Å². The Kier molecular flexibility index (Phi) is 6.33. The molecule has 2 aromatic rings. The maximum Gasteiger partial charge on any atom is 0.235 e. The van der Waals surface area contributed by atoms with Crippen LogP contribution in [-0.2, 0) is 14.3 Å². The maximum atomic E-state index is 12.9. The van der Waals surface area contributed by atoms with E-state index in [1.54, 1.807) is 59.5 Å². The number of ether oxygens (including phenoxy) is 1. The number of carbonyl (C=O) groups excluding carboxylic acids is 3. The molecular weight excluding hydrogens is 344 g/mol. The third-order valence-corrected chi connectivity index (χ3v) is 4.48. The van der Waals surface area contributed by atoms with Crippen molar-refractivity contribution in [3.63, 3.8) is 0 Å². The number of hydrogen-bond acceptors (Lipinski definition) is 4. The van der Waals surface area contributed by atoms with Crippen LogP contribution >= 0.6 is 0 Å². The molecule has 6 nitrogen and oxygen atoms in total. The van der Waals surface area contributed by atoms with E-state index in [0.717, 1.165) is 0 Å². The summed E-state index contributed by atoms with van der Waals surface area (Å²) in [6.07, 6.45) is -0.160. The van der Waals surface area contributed by atoms with Gasteiger partial charge in [-0.25, -0.2) is 0 Å². The number of amides is 2. The van der Waals surface area contributed by atoms with Gasteiger partial charge in [0.05, 0.1) is 13.2 Å². The highest BCUT2D eigenvalue weighted by atomic mass is 16.5. The first kappa shape index (κ1) is 18.8. The van der Waals surface area contributed by atoms with Crippen LogP contribution in [0.1, 0.15) is 16.8 Å². The lowest BCUT2D eigenvalue weighted by Crippen LogP contribution is -2.43. The molecule has 2 aromatic carbocycles. The maximum absolute atomic E-state index is 12.9. The second-order valence-electron chi connectivity index (χ2n) is 6.34. The smallest absolute Gasteiger partial charge is 0.235 e. The number of para-hydroxylation sites is 1. The molecule has 1 saturated heterocycles. The highest BCUT2D eigenvalue weighted by molar-refractivity contribution is 6.15. The van der Waals surface area contributed by atoms with Crippen molar-refractivity contribution in [3.05, 3.63) is 66.2 Å². The molecule has 1 heterocycles. The minimum Gasteiger partial charge on any atom is -0.378 e. The lowest BCUT2D eigenvalue weighted by atomic mass is 9.93.